The molecule has 3 aromatic rings. The van der Waals surface area contributed by atoms with Crippen LogP contribution >= 0.6 is 0 Å². The van der Waals surface area contributed by atoms with Crippen LogP contribution in [0.1, 0.15) is 18.7 Å². The molecule has 30 heavy (non-hydrogen) atoms. The maximum Gasteiger partial charge on any atom is 0.305 e. The molecular weight excluding hydrogens is 400 g/mol. The Balaban J connectivity index is 1.81. The van der Waals surface area contributed by atoms with Gasteiger partial charge in [-0.1, -0.05) is 12.1 Å². The van der Waals surface area contributed by atoms with E-state index >= 15 is 0 Å². The van der Waals surface area contributed by atoms with Gasteiger partial charge in [-0.25, -0.2) is 13.8 Å². The zero-order valence-electron chi connectivity index (χ0n) is 15.8. The maximum atomic E-state index is 13.7. The number of morpholine rings is 1. The third-order valence-corrected chi connectivity index (χ3v) is 4.51. The van der Waals surface area contributed by atoms with Crippen molar-refractivity contribution in [2.45, 2.75) is 12.8 Å². The molecule has 0 aliphatic carbocycles. The Morgan fingerprint density at radius 3 is 2.60 bits per heavy atom. The summed E-state index contributed by atoms with van der Waals surface area (Å²) in [5.41, 5.74) is 0.824. The van der Waals surface area contributed by atoms with Crippen molar-refractivity contribution in [2.75, 3.05) is 43.1 Å². The lowest BCUT2D eigenvalue weighted by molar-refractivity contribution is -0.136. The van der Waals surface area contributed by atoms with E-state index in [1.165, 1.54) is 4.57 Å². The summed E-state index contributed by atoms with van der Waals surface area (Å²) < 4.78 is 34.0. The number of imidazole rings is 1. The standard InChI is InChI=1S/C18H19F2N7O3/c19-14(20)15-22-11-3-1-2-4-12(11)27(15)18-24-16(21-6-5-13(28)29)23-17(25-18)26-7-9-30-10-8-26/h1-4,14H,5-10H2,(H,28,29)(H,21,23,24,25). The molecule has 0 spiro atoms. The molecule has 12 heteroatoms. The lowest BCUT2D eigenvalue weighted by Gasteiger charge is -2.27. The van der Waals surface area contributed by atoms with Gasteiger partial charge in [-0.2, -0.15) is 15.0 Å². The Labute approximate surface area is 169 Å². The summed E-state index contributed by atoms with van der Waals surface area (Å²) in [5, 5.41) is 11.7. The quantitative estimate of drug-likeness (QED) is 0.592. The van der Waals surface area contributed by atoms with Crippen LogP contribution in [0.2, 0.25) is 0 Å². The maximum absolute atomic E-state index is 13.7. The van der Waals surface area contributed by atoms with Crippen LogP contribution in [0.4, 0.5) is 20.7 Å². The lowest BCUT2D eigenvalue weighted by Crippen LogP contribution is -2.37. The van der Waals surface area contributed by atoms with Crippen LogP contribution in [0.15, 0.2) is 24.3 Å². The van der Waals surface area contributed by atoms with Gasteiger partial charge in [-0.3, -0.25) is 9.36 Å². The number of carbonyl (C=O) groups is 1. The molecule has 0 saturated carbocycles. The van der Waals surface area contributed by atoms with E-state index in [1.54, 1.807) is 24.3 Å². The largest absolute Gasteiger partial charge is 0.481 e. The Morgan fingerprint density at radius 2 is 1.87 bits per heavy atom. The van der Waals surface area contributed by atoms with Crippen molar-refractivity contribution < 1.29 is 23.4 Å². The number of fused-ring (bicyclic) bond motifs is 1. The number of ether oxygens (including phenoxy) is 1. The van der Waals surface area contributed by atoms with Gasteiger partial charge in [0.25, 0.3) is 6.43 Å². The van der Waals surface area contributed by atoms with E-state index in [0.717, 1.165) is 0 Å². The second-order valence-electron chi connectivity index (χ2n) is 6.52. The summed E-state index contributed by atoms with van der Waals surface area (Å²) in [7, 11) is 0. The number of carboxylic acids is 1. The highest BCUT2D eigenvalue weighted by Crippen LogP contribution is 2.27. The van der Waals surface area contributed by atoms with E-state index in [-0.39, 0.29) is 24.9 Å². The van der Waals surface area contributed by atoms with Gasteiger partial charge in [-0.15, -0.1) is 0 Å². The number of alkyl halides is 2. The second kappa shape index (κ2) is 8.53. The number of anilines is 2. The summed E-state index contributed by atoms with van der Waals surface area (Å²) in [6, 6.07) is 6.71. The molecule has 1 aliphatic heterocycles. The minimum atomic E-state index is -2.84. The highest BCUT2D eigenvalue weighted by molar-refractivity contribution is 5.77. The number of nitrogens with one attached hydrogen (secondary N) is 1. The summed E-state index contributed by atoms with van der Waals surface area (Å²) in [6.45, 7) is 2.11. The molecule has 0 radical (unpaired) electrons. The number of aliphatic carboxylic acids is 1. The molecule has 1 fully saturated rings. The van der Waals surface area contributed by atoms with Crippen molar-refractivity contribution in [3.8, 4) is 5.95 Å². The first-order chi connectivity index (χ1) is 14.5. The molecule has 0 amide bonds. The predicted octanol–water partition coefficient (Wildman–Crippen LogP) is 1.87. The molecule has 0 bridgehead atoms. The van der Waals surface area contributed by atoms with Crippen molar-refractivity contribution in [3.63, 3.8) is 0 Å². The fourth-order valence-corrected chi connectivity index (χ4v) is 3.12. The van der Waals surface area contributed by atoms with Gasteiger partial charge in [-0.05, 0) is 12.1 Å². The van der Waals surface area contributed by atoms with Crippen molar-refractivity contribution in [3.05, 3.63) is 30.1 Å². The molecular formula is C18H19F2N7O3. The number of para-hydroxylation sites is 2. The van der Waals surface area contributed by atoms with Crippen LogP contribution < -0.4 is 10.2 Å². The summed E-state index contributed by atoms with van der Waals surface area (Å²) in [6.07, 6.45) is -2.99. The summed E-state index contributed by atoms with van der Waals surface area (Å²) in [5.74, 6) is -1.09. The van der Waals surface area contributed by atoms with Crippen LogP contribution in [0, 0.1) is 0 Å². The smallest absolute Gasteiger partial charge is 0.305 e. The van der Waals surface area contributed by atoms with Gasteiger partial charge < -0.3 is 20.1 Å². The van der Waals surface area contributed by atoms with Crippen molar-refractivity contribution >= 4 is 28.9 Å². The first-order valence-corrected chi connectivity index (χ1v) is 9.33. The molecule has 0 unspecified atom stereocenters. The predicted molar refractivity (Wildman–Crippen MR) is 103 cm³/mol. The minimum absolute atomic E-state index is 0.0201. The number of halogens is 2. The molecule has 2 N–H and O–H groups in total. The first-order valence-electron chi connectivity index (χ1n) is 9.33. The van der Waals surface area contributed by atoms with Crippen LogP contribution in [0.5, 0.6) is 0 Å². The number of aromatic nitrogens is 5. The molecule has 158 valence electrons. The zero-order chi connectivity index (χ0) is 21.1. The van der Waals surface area contributed by atoms with Gasteiger partial charge in [0, 0.05) is 19.6 Å². The lowest BCUT2D eigenvalue weighted by atomic mass is 10.3. The van der Waals surface area contributed by atoms with Crippen molar-refractivity contribution in [1.82, 2.24) is 24.5 Å². The Bertz CT molecular complexity index is 1050. The van der Waals surface area contributed by atoms with E-state index in [0.29, 0.717) is 43.3 Å². The van der Waals surface area contributed by atoms with E-state index in [1.807, 2.05) is 4.90 Å². The number of rotatable bonds is 7. The summed E-state index contributed by atoms with van der Waals surface area (Å²) in [4.78, 5) is 29.7. The van der Waals surface area contributed by atoms with E-state index in [2.05, 4.69) is 25.3 Å². The molecule has 1 aromatic carbocycles. The average molecular weight is 419 g/mol. The summed E-state index contributed by atoms with van der Waals surface area (Å²) >= 11 is 0. The molecule has 1 aliphatic rings. The van der Waals surface area contributed by atoms with Gasteiger partial charge >= 0.3 is 5.97 Å². The molecule has 10 nitrogen and oxygen atoms in total. The van der Waals surface area contributed by atoms with Crippen LogP contribution in [-0.2, 0) is 9.53 Å². The van der Waals surface area contributed by atoms with Crippen LogP contribution in [0.25, 0.3) is 17.0 Å². The Hall–Kier alpha value is -3.41. The Morgan fingerprint density at radius 1 is 1.13 bits per heavy atom. The van der Waals surface area contributed by atoms with Gasteiger partial charge in [0.2, 0.25) is 17.8 Å². The number of carboxylic acid groups (broad SMARTS) is 1. The second-order valence-corrected chi connectivity index (χ2v) is 6.52. The normalized spacial score (nSPS) is 14.4. The fourth-order valence-electron chi connectivity index (χ4n) is 3.12. The molecule has 2 aromatic heterocycles. The van der Waals surface area contributed by atoms with Gasteiger partial charge in [0.15, 0.2) is 5.82 Å². The van der Waals surface area contributed by atoms with Gasteiger partial charge in [0.05, 0.1) is 30.7 Å². The average Bonchev–Trinajstić information content (AvgIpc) is 3.14. The number of nitrogens with zero attached hydrogens (tertiary/aromatic N) is 6. The third-order valence-electron chi connectivity index (χ3n) is 4.51. The van der Waals surface area contributed by atoms with E-state index in [4.69, 9.17) is 9.84 Å². The Kier molecular flexibility index (Phi) is 5.65. The third kappa shape index (κ3) is 4.13. The number of benzene rings is 1. The zero-order valence-corrected chi connectivity index (χ0v) is 15.8. The van der Waals surface area contributed by atoms with Gasteiger partial charge in [0.1, 0.15) is 0 Å². The molecule has 4 rings (SSSR count). The fraction of sp³-hybridized carbons (Fsp3) is 0.389. The highest BCUT2D eigenvalue weighted by atomic mass is 19.3. The molecule has 0 atom stereocenters. The van der Waals surface area contributed by atoms with Crippen LogP contribution in [0.3, 0.4) is 0 Å². The number of hydrogen-bond donors (Lipinski definition) is 2. The molecule has 3 heterocycles. The van der Waals surface area contributed by atoms with Crippen molar-refractivity contribution in [2.24, 2.45) is 0 Å². The van der Waals surface area contributed by atoms with Crippen LogP contribution in [-0.4, -0.2) is 68.4 Å². The van der Waals surface area contributed by atoms with Crippen molar-refractivity contribution in [1.29, 1.82) is 0 Å². The highest BCUT2D eigenvalue weighted by Gasteiger charge is 2.24. The SMILES string of the molecule is O=C(O)CCNc1nc(N2CCOCC2)nc(-n2c(C(F)F)nc3ccccc32)n1. The van der Waals surface area contributed by atoms with E-state index in [9.17, 15) is 13.6 Å². The topological polar surface area (TPSA) is 118 Å². The monoisotopic (exact) mass is 419 g/mol. The number of hydrogen-bond acceptors (Lipinski definition) is 8. The molecule has 1 saturated heterocycles. The minimum Gasteiger partial charge on any atom is -0.481 e. The first kappa shape index (κ1) is 19.9. The van der Waals surface area contributed by atoms with E-state index < -0.39 is 18.2 Å².